The van der Waals surface area contributed by atoms with Crippen molar-refractivity contribution in [2.45, 2.75) is 51.1 Å². The summed E-state index contributed by atoms with van der Waals surface area (Å²) >= 11 is 6.08. The topological polar surface area (TPSA) is 28.2 Å². The molecule has 0 aromatic carbocycles. The van der Waals surface area contributed by atoms with Crippen LogP contribution in [-0.2, 0) is 6.54 Å². The molecule has 4 heteroatoms. The second-order valence-electron chi connectivity index (χ2n) is 5.77. The fourth-order valence-corrected chi connectivity index (χ4v) is 3.11. The maximum atomic E-state index is 6.08. The van der Waals surface area contributed by atoms with Gasteiger partial charge in [-0.2, -0.15) is 0 Å². The first kappa shape index (κ1) is 15.7. The number of hydrogen-bond donors (Lipinski definition) is 1. The van der Waals surface area contributed by atoms with Crippen LogP contribution in [0.25, 0.3) is 0 Å². The van der Waals surface area contributed by atoms with Crippen LogP contribution in [0.1, 0.15) is 44.1 Å². The molecule has 1 aliphatic carbocycles. The van der Waals surface area contributed by atoms with Gasteiger partial charge in [0.2, 0.25) is 0 Å². The molecule has 0 aliphatic heterocycles. The molecule has 1 N–H and O–H groups in total. The van der Waals surface area contributed by atoms with Crippen molar-refractivity contribution >= 4 is 11.6 Å². The maximum absolute atomic E-state index is 6.08. The highest BCUT2D eigenvalue weighted by Crippen LogP contribution is 2.21. The van der Waals surface area contributed by atoms with Crippen molar-refractivity contribution in [2.24, 2.45) is 0 Å². The number of halogens is 1. The highest BCUT2D eigenvalue weighted by atomic mass is 35.5. The molecular formula is C16H26ClN3. The van der Waals surface area contributed by atoms with Crippen LogP contribution in [0.3, 0.4) is 0 Å². The van der Waals surface area contributed by atoms with Gasteiger partial charge < -0.3 is 10.2 Å². The minimum Gasteiger partial charge on any atom is -0.313 e. The summed E-state index contributed by atoms with van der Waals surface area (Å²) in [5.41, 5.74) is 1.13. The Bertz CT molecular complexity index is 391. The van der Waals surface area contributed by atoms with Crippen LogP contribution < -0.4 is 5.32 Å². The molecule has 112 valence electrons. The number of nitrogens with one attached hydrogen (secondary N) is 1. The summed E-state index contributed by atoms with van der Waals surface area (Å²) in [6.45, 7) is 3.05. The second-order valence-corrected chi connectivity index (χ2v) is 6.18. The van der Waals surface area contributed by atoms with Crippen LogP contribution in [-0.4, -0.2) is 36.1 Å². The van der Waals surface area contributed by atoms with Crippen molar-refractivity contribution in [3.8, 4) is 0 Å². The van der Waals surface area contributed by atoms with Crippen LogP contribution in [0, 0.1) is 0 Å². The second kappa shape index (κ2) is 8.60. The first-order valence-corrected chi connectivity index (χ1v) is 8.14. The molecule has 0 atom stereocenters. The van der Waals surface area contributed by atoms with Gasteiger partial charge in [0.05, 0.1) is 5.02 Å². The molecule has 1 fully saturated rings. The largest absolute Gasteiger partial charge is 0.313 e. The van der Waals surface area contributed by atoms with Gasteiger partial charge in [-0.25, -0.2) is 0 Å². The number of aromatic nitrogens is 1. The van der Waals surface area contributed by atoms with Gasteiger partial charge in [-0.3, -0.25) is 4.98 Å². The molecule has 20 heavy (non-hydrogen) atoms. The quantitative estimate of drug-likeness (QED) is 0.781. The number of pyridine rings is 1. The van der Waals surface area contributed by atoms with Crippen molar-refractivity contribution in [1.82, 2.24) is 15.2 Å². The summed E-state index contributed by atoms with van der Waals surface area (Å²) in [6, 6.07) is 2.79. The van der Waals surface area contributed by atoms with Gasteiger partial charge >= 0.3 is 0 Å². The average molecular weight is 296 g/mol. The minimum atomic E-state index is 0.749. The normalized spacial score (nSPS) is 16.8. The van der Waals surface area contributed by atoms with Gasteiger partial charge in [0.15, 0.2) is 0 Å². The van der Waals surface area contributed by atoms with E-state index in [0.717, 1.165) is 29.7 Å². The Hall–Kier alpha value is -0.640. The van der Waals surface area contributed by atoms with Gasteiger partial charge in [-0.05, 0) is 51.0 Å². The molecule has 2 rings (SSSR count). The predicted molar refractivity (Wildman–Crippen MR) is 85.1 cm³/mol. The van der Waals surface area contributed by atoms with Gasteiger partial charge in [0.25, 0.3) is 0 Å². The Morgan fingerprint density at radius 3 is 2.90 bits per heavy atom. The minimum absolute atomic E-state index is 0.749. The van der Waals surface area contributed by atoms with Crippen LogP contribution in [0.2, 0.25) is 5.02 Å². The molecule has 1 aliphatic rings. The van der Waals surface area contributed by atoms with E-state index in [4.69, 9.17) is 11.6 Å². The fourth-order valence-electron chi connectivity index (χ4n) is 2.93. The van der Waals surface area contributed by atoms with Crippen LogP contribution in [0.15, 0.2) is 18.5 Å². The first-order chi connectivity index (χ1) is 9.77. The summed E-state index contributed by atoms with van der Waals surface area (Å²) in [6.07, 6.45) is 11.7. The molecule has 1 heterocycles. The third-order valence-electron chi connectivity index (χ3n) is 4.23. The molecule has 0 bridgehead atoms. The van der Waals surface area contributed by atoms with E-state index in [1.54, 1.807) is 12.4 Å². The average Bonchev–Trinajstić information content (AvgIpc) is 2.49. The van der Waals surface area contributed by atoms with E-state index >= 15 is 0 Å². The van der Waals surface area contributed by atoms with E-state index in [0.29, 0.717) is 0 Å². The van der Waals surface area contributed by atoms with Crippen molar-refractivity contribution in [1.29, 1.82) is 0 Å². The zero-order valence-electron chi connectivity index (χ0n) is 12.4. The van der Waals surface area contributed by atoms with Crippen molar-refractivity contribution in [3.05, 3.63) is 29.0 Å². The molecule has 1 aromatic rings. The van der Waals surface area contributed by atoms with E-state index < -0.39 is 0 Å². The number of nitrogens with zero attached hydrogens (tertiary/aromatic N) is 2. The van der Waals surface area contributed by atoms with Crippen molar-refractivity contribution in [3.63, 3.8) is 0 Å². The van der Waals surface area contributed by atoms with E-state index in [1.807, 2.05) is 6.07 Å². The van der Waals surface area contributed by atoms with Crippen molar-refractivity contribution < 1.29 is 0 Å². The molecule has 1 aromatic heterocycles. The Labute approximate surface area is 127 Å². The Balaban J connectivity index is 1.58. The lowest BCUT2D eigenvalue weighted by molar-refractivity contribution is 0.189. The van der Waals surface area contributed by atoms with E-state index in [2.05, 4.69) is 22.2 Å². The summed E-state index contributed by atoms with van der Waals surface area (Å²) in [5.74, 6) is 0. The molecule has 0 spiro atoms. The Morgan fingerprint density at radius 1 is 1.35 bits per heavy atom. The van der Waals surface area contributed by atoms with E-state index in [9.17, 15) is 0 Å². The van der Waals surface area contributed by atoms with Gasteiger partial charge in [-0.1, -0.05) is 30.9 Å². The highest BCUT2D eigenvalue weighted by Gasteiger charge is 2.17. The molecule has 1 saturated carbocycles. The number of rotatable bonds is 7. The van der Waals surface area contributed by atoms with E-state index in [1.165, 1.54) is 45.1 Å². The van der Waals surface area contributed by atoms with Gasteiger partial charge in [0.1, 0.15) is 0 Å². The number of hydrogen-bond acceptors (Lipinski definition) is 3. The van der Waals surface area contributed by atoms with Gasteiger partial charge in [-0.15, -0.1) is 0 Å². The third-order valence-corrected chi connectivity index (χ3v) is 4.57. The zero-order chi connectivity index (χ0) is 14.2. The smallest absolute Gasteiger partial charge is 0.0634 e. The molecule has 0 saturated heterocycles. The summed E-state index contributed by atoms with van der Waals surface area (Å²) < 4.78 is 0. The third kappa shape index (κ3) is 5.04. The first-order valence-electron chi connectivity index (χ1n) is 7.76. The Morgan fingerprint density at radius 2 is 2.15 bits per heavy atom. The molecule has 0 amide bonds. The SMILES string of the molecule is CN(CCCNCc1ccncc1Cl)C1CCCCC1. The zero-order valence-corrected chi connectivity index (χ0v) is 13.2. The fraction of sp³-hybridized carbons (Fsp3) is 0.688. The lowest BCUT2D eigenvalue weighted by Gasteiger charge is -2.31. The Kier molecular flexibility index (Phi) is 6.77. The molecular weight excluding hydrogens is 270 g/mol. The van der Waals surface area contributed by atoms with Gasteiger partial charge in [0, 0.05) is 25.0 Å². The molecule has 0 radical (unpaired) electrons. The summed E-state index contributed by atoms with van der Waals surface area (Å²) in [5, 5.41) is 4.21. The summed E-state index contributed by atoms with van der Waals surface area (Å²) in [4.78, 5) is 6.54. The molecule has 3 nitrogen and oxygen atoms in total. The summed E-state index contributed by atoms with van der Waals surface area (Å²) in [7, 11) is 2.27. The van der Waals surface area contributed by atoms with E-state index in [-0.39, 0.29) is 0 Å². The maximum Gasteiger partial charge on any atom is 0.0634 e. The predicted octanol–water partition coefficient (Wildman–Crippen LogP) is 3.48. The highest BCUT2D eigenvalue weighted by molar-refractivity contribution is 6.31. The van der Waals surface area contributed by atoms with Crippen LogP contribution in [0.4, 0.5) is 0 Å². The lowest BCUT2D eigenvalue weighted by atomic mass is 9.94. The van der Waals surface area contributed by atoms with Crippen molar-refractivity contribution in [2.75, 3.05) is 20.1 Å². The lowest BCUT2D eigenvalue weighted by Crippen LogP contribution is -2.35. The standard InChI is InChI=1S/C16H26ClN3/c1-20(15-6-3-2-4-7-15)11-5-9-18-12-14-8-10-19-13-16(14)17/h8,10,13,15,18H,2-7,9,11-12H2,1H3. The van der Waals surface area contributed by atoms with Crippen LogP contribution >= 0.6 is 11.6 Å². The monoisotopic (exact) mass is 295 g/mol. The molecule has 0 unspecified atom stereocenters. The van der Waals surface area contributed by atoms with Crippen LogP contribution in [0.5, 0.6) is 0 Å².